The number of allylic oxidation sites excluding steroid dienone is 1. The van der Waals surface area contributed by atoms with E-state index in [1.54, 1.807) is 36.4 Å². The number of hydrogen-bond donors (Lipinski definition) is 2. The van der Waals surface area contributed by atoms with Gasteiger partial charge in [-0.05, 0) is 23.6 Å². The Balaban J connectivity index is 2.37. The predicted molar refractivity (Wildman–Crippen MR) is 129 cm³/mol. The molecule has 2 aromatic rings. The van der Waals surface area contributed by atoms with Crippen LogP contribution in [0.1, 0.15) is 25.3 Å². The molecule has 0 aliphatic carbocycles. The van der Waals surface area contributed by atoms with E-state index in [4.69, 9.17) is 15.2 Å². The van der Waals surface area contributed by atoms with Gasteiger partial charge in [0.05, 0.1) is 48.7 Å². The van der Waals surface area contributed by atoms with Crippen LogP contribution in [0.3, 0.4) is 0 Å². The number of esters is 2. The second-order valence-electron chi connectivity index (χ2n) is 8.13. The van der Waals surface area contributed by atoms with Crippen molar-refractivity contribution in [2.75, 3.05) is 31.0 Å². The third kappa shape index (κ3) is 4.59. The highest BCUT2D eigenvalue weighted by molar-refractivity contribution is 6.07. The molecule has 8 heteroatoms. The highest BCUT2D eigenvalue weighted by atomic mass is 16.5. The Kier molecular flexibility index (Phi) is 7.59. The van der Waals surface area contributed by atoms with Crippen LogP contribution in [0.15, 0.2) is 77.3 Å². The minimum Gasteiger partial charge on any atom is -0.466 e. The van der Waals surface area contributed by atoms with Gasteiger partial charge in [-0.15, -0.1) is 0 Å². The van der Waals surface area contributed by atoms with E-state index in [0.717, 1.165) is 0 Å². The van der Waals surface area contributed by atoms with Crippen LogP contribution in [-0.2, 0) is 19.1 Å². The monoisotopic (exact) mass is 460 g/mol. The molecule has 1 unspecified atom stereocenters. The topological polar surface area (TPSA) is 118 Å². The number of nitrogens with two attached hydrogens (primary N) is 1. The summed E-state index contributed by atoms with van der Waals surface area (Å²) in [4.78, 5) is 27.7. The highest BCUT2D eigenvalue weighted by Gasteiger charge is 2.43. The van der Waals surface area contributed by atoms with Crippen molar-refractivity contribution in [2.45, 2.75) is 19.8 Å². The van der Waals surface area contributed by atoms with Crippen molar-refractivity contribution in [3.8, 4) is 6.07 Å². The third-order valence-electron chi connectivity index (χ3n) is 5.46. The van der Waals surface area contributed by atoms with Gasteiger partial charge in [-0.2, -0.15) is 5.26 Å². The van der Waals surface area contributed by atoms with Crippen LogP contribution in [0, 0.1) is 17.2 Å². The number of benzene rings is 2. The molecule has 34 heavy (non-hydrogen) atoms. The zero-order valence-electron chi connectivity index (χ0n) is 19.7. The maximum atomic E-state index is 13.2. The van der Waals surface area contributed by atoms with Crippen molar-refractivity contribution in [2.24, 2.45) is 11.7 Å². The normalized spacial score (nSPS) is 15.8. The molecule has 3 N–H and O–H groups in total. The fraction of sp³-hybridized carbons (Fsp3) is 0.269. The van der Waals surface area contributed by atoms with Gasteiger partial charge in [-0.1, -0.05) is 56.3 Å². The average Bonchev–Trinajstić information content (AvgIpc) is 2.86. The Hall–Kier alpha value is -4.25. The molecule has 1 aliphatic heterocycles. The van der Waals surface area contributed by atoms with Gasteiger partial charge in [0.15, 0.2) is 0 Å². The van der Waals surface area contributed by atoms with Gasteiger partial charge in [0.2, 0.25) is 0 Å². The summed E-state index contributed by atoms with van der Waals surface area (Å²) in [6, 6.07) is 18.3. The van der Waals surface area contributed by atoms with Gasteiger partial charge in [-0.3, -0.25) is 4.90 Å². The summed E-state index contributed by atoms with van der Waals surface area (Å²) < 4.78 is 10.1. The Morgan fingerprint density at radius 3 is 2.26 bits per heavy atom. The molecular weight excluding hydrogens is 432 g/mol. The van der Waals surface area contributed by atoms with Crippen molar-refractivity contribution >= 4 is 23.3 Å². The van der Waals surface area contributed by atoms with E-state index in [2.05, 4.69) is 25.2 Å². The van der Waals surface area contributed by atoms with Crippen molar-refractivity contribution in [1.29, 1.82) is 5.26 Å². The fourth-order valence-electron chi connectivity index (χ4n) is 3.90. The Morgan fingerprint density at radius 1 is 1.06 bits per heavy atom. The van der Waals surface area contributed by atoms with Gasteiger partial charge >= 0.3 is 11.9 Å². The van der Waals surface area contributed by atoms with Crippen molar-refractivity contribution in [3.05, 3.63) is 82.8 Å². The Morgan fingerprint density at radius 2 is 1.68 bits per heavy atom. The fourth-order valence-corrected chi connectivity index (χ4v) is 3.90. The number of anilines is 2. The predicted octanol–water partition coefficient (Wildman–Crippen LogP) is 3.65. The van der Waals surface area contributed by atoms with Crippen molar-refractivity contribution in [1.82, 2.24) is 0 Å². The lowest BCUT2D eigenvalue weighted by molar-refractivity contribution is -0.139. The van der Waals surface area contributed by atoms with E-state index in [1.807, 2.05) is 18.2 Å². The summed E-state index contributed by atoms with van der Waals surface area (Å²) in [6.45, 7) is 4.80. The lowest BCUT2D eigenvalue weighted by atomic mass is 9.81. The zero-order chi connectivity index (χ0) is 24.8. The number of methoxy groups -OCH3 is 2. The summed E-state index contributed by atoms with van der Waals surface area (Å²) in [7, 11) is 2.45. The minimum atomic E-state index is -0.903. The van der Waals surface area contributed by atoms with Gasteiger partial charge in [0.25, 0.3) is 0 Å². The minimum absolute atomic E-state index is 0.0232. The molecule has 176 valence electrons. The molecule has 3 rings (SSSR count). The number of ether oxygens (including phenoxy) is 2. The number of nitrogens with one attached hydrogen (secondary N) is 1. The third-order valence-corrected chi connectivity index (χ3v) is 5.46. The van der Waals surface area contributed by atoms with E-state index < -0.39 is 17.9 Å². The van der Waals surface area contributed by atoms with Gasteiger partial charge < -0.3 is 20.5 Å². The number of carbonyl (C=O) groups is 2. The molecule has 0 amide bonds. The first kappa shape index (κ1) is 24.4. The van der Waals surface area contributed by atoms with Crippen LogP contribution >= 0.6 is 0 Å². The average molecular weight is 461 g/mol. The lowest BCUT2D eigenvalue weighted by Gasteiger charge is -2.36. The maximum absolute atomic E-state index is 13.2. The molecule has 1 heterocycles. The first-order chi connectivity index (χ1) is 16.3. The van der Waals surface area contributed by atoms with E-state index in [-0.39, 0.29) is 22.7 Å². The van der Waals surface area contributed by atoms with Crippen molar-refractivity contribution < 1.29 is 19.1 Å². The molecule has 1 aliphatic rings. The summed E-state index contributed by atoms with van der Waals surface area (Å²) in [6.07, 6.45) is 0. The number of carbonyl (C=O) groups excluding carboxylic acids is 2. The lowest BCUT2D eigenvalue weighted by Crippen LogP contribution is -2.41. The molecule has 0 fully saturated rings. The van der Waals surface area contributed by atoms with Crippen LogP contribution in [0.25, 0.3) is 0 Å². The number of nitriles is 1. The smallest absolute Gasteiger partial charge is 0.355 e. The van der Waals surface area contributed by atoms with Gasteiger partial charge in [0, 0.05) is 6.54 Å². The molecule has 2 aromatic carbocycles. The van der Waals surface area contributed by atoms with E-state index >= 15 is 0 Å². The molecule has 0 saturated carbocycles. The summed E-state index contributed by atoms with van der Waals surface area (Å²) in [5, 5.41) is 13.5. The quantitative estimate of drug-likeness (QED) is 0.601. The Bertz CT molecular complexity index is 1180. The van der Waals surface area contributed by atoms with Crippen LogP contribution in [0.2, 0.25) is 0 Å². The van der Waals surface area contributed by atoms with E-state index in [0.29, 0.717) is 29.4 Å². The van der Waals surface area contributed by atoms with E-state index in [1.165, 1.54) is 19.1 Å². The second kappa shape index (κ2) is 10.6. The summed E-state index contributed by atoms with van der Waals surface area (Å²) in [5.41, 5.74) is 8.37. The van der Waals surface area contributed by atoms with Crippen LogP contribution in [-0.4, -0.2) is 32.7 Å². The zero-order valence-corrected chi connectivity index (χ0v) is 19.7. The molecule has 1 atom stereocenters. The van der Waals surface area contributed by atoms with Crippen LogP contribution in [0.5, 0.6) is 0 Å². The maximum Gasteiger partial charge on any atom is 0.355 e. The first-order valence-corrected chi connectivity index (χ1v) is 10.8. The first-order valence-electron chi connectivity index (χ1n) is 10.8. The molecular formula is C26H28N4O4. The summed E-state index contributed by atoms with van der Waals surface area (Å²) >= 11 is 0. The van der Waals surface area contributed by atoms with E-state index in [9.17, 15) is 14.9 Å². The van der Waals surface area contributed by atoms with Crippen molar-refractivity contribution in [3.63, 3.8) is 0 Å². The molecule has 0 bridgehead atoms. The number of nitrogens with zero attached hydrogens (tertiary/aromatic N) is 2. The number of para-hydroxylation sites is 2. The van der Waals surface area contributed by atoms with Crippen LogP contribution in [0.4, 0.5) is 11.4 Å². The van der Waals surface area contributed by atoms with Gasteiger partial charge in [-0.25, -0.2) is 9.59 Å². The molecule has 0 spiro atoms. The van der Waals surface area contributed by atoms with Gasteiger partial charge in [0.1, 0.15) is 11.5 Å². The molecule has 0 aromatic heterocycles. The number of rotatable bonds is 7. The standard InChI is InChI=1S/C26H28N4O4/c1-16(2)15-29-19-12-8-9-13-20(19)30-23(26(32)34-4)22(25(31)33-3)21(18(14-27)24(30)28)17-10-6-5-7-11-17/h5-13,16,21,29H,15,28H2,1-4H3. The SMILES string of the molecule is COC(=O)C1=C(C(=O)OC)N(c2ccccc2NCC(C)C)C(N)=C(C#N)C1c1ccccc1. The second-order valence-corrected chi connectivity index (χ2v) is 8.13. The molecule has 0 saturated heterocycles. The van der Waals surface area contributed by atoms with Crippen LogP contribution < -0.4 is 16.0 Å². The summed E-state index contributed by atoms with van der Waals surface area (Å²) in [5.74, 6) is -2.06. The molecule has 8 nitrogen and oxygen atoms in total. The highest BCUT2D eigenvalue weighted by Crippen LogP contribution is 2.44. The number of hydrogen-bond acceptors (Lipinski definition) is 8. The Labute approximate surface area is 199 Å². The molecule has 0 radical (unpaired) electrons. The largest absolute Gasteiger partial charge is 0.466 e.